The zero-order valence-electron chi connectivity index (χ0n) is 15.7. The molecule has 0 radical (unpaired) electrons. The Morgan fingerprint density at radius 2 is 2.22 bits per heavy atom. The first-order valence-electron chi connectivity index (χ1n) is 8.95. The number of nitrogens with zero attached hydrogens (tertiary/aromatic N) is 1. The Labute approximate surface area is 163 Å². The molecule has 3 rings (SSSR count). The van der Waals surface area contributed by atoms with E-state index >= 15 is 0 Å². The van der Waals surface area contributed by atoms with E-state index in [1.54, 1.807) is 18.4 Å². The highest BCUT2D eigenvalue weighted by Gasteiger charge is 2.38. The highest BCUT2D eigenvalue weighted by Crippen LogP contribution is 2.44. The maximum Gasteiger partial charge on any atom is 0.230 e. The van der Waals surface area contributed by atoms with Gasteiger partial charge in [0.2, 0.25) is 5.91 Å². The molecule has 6 nitrogen and oxygen atoms in total. The quantitative estimate of drug-likeness (QED) is 0.825. The molecular weight excluding hydrogens is 362 g/mol. The molecule has 7 heteroatoms. The second-order valence-electron chi connectivity index (χ2n) is 7.68. The lowest BCUT2D eigenvalue weighted by Crippen LogP contribution is -2.41. The van der Waals surface area contributed by atoms with Gasteiger partial charge in [-0.1, -0.05) is 11.8 Å². The predicted octanol–water partition coefficient (Wildman–Crippen LogP) is 3.36. The predicted molar refractivity (Wildman–Crippen MR) is 103 cm³/mol. The van der Waals surface area contributed by atoms with Crippen molar-refractivity contribution in [1.29, 1.82) is 5.26 Å². The lowest BCUT2D eigenvalue weighted by Gasteiger charge is -2.32. The van der Waals surface area contributed by atoms with E-state index in [9.17, 15) is 14.9 Å². The Hall–Kier alpha value is -2.46. The molecule has 27 heavy (non-hydrogen) atoms. The van der Waals surface area contributed by atoms with Crippen LogP contribution in [0.2, 0.25) is 0 Å². The van der Waals surface area contributed by atoms with Crippen molar-refractivity contribution in [1.82, 2.24) is 10.6 Å². The average Bonchev–Trinajstić information content (AvgIpc) is 3.11. The third kappa shape index (κ3) is 4.28. The molecule has 1 amide bonds. The van der Waals surface area contributed by atoms with Gasteiger partial charge in [-0.25, -0.2) is 0 Å². The third-order valence-electron chi connectivity index (χ3n) is 4.35. The molecule has 1 aliphatic heterocycles. The molecule has 0 aromatic carbocycles. The Balaban J connectivity index is 1.91. The molecule has 1 aliphatic carbocycles. The second-order valence-corrected chi connectivity index (χ2v) is 8.67. The number of rotatable bonds is 4. The van der Waals surface area contributed by atoms with Gasteiger partial charge in [-0.05, 0) is 45.7 Å². The summed E-state index contributed by atoms with van der Waals surface area (Å²) < 4.78 is 5.55. The molecule has 2 aliphatic rings. The van der Waals surface area contributed by atoms with Crippen molar-refractivity contribution in [2.75, 3.05) is 5.75 Å². The molecule has 0 saturated carbocycles. The fourth-order valence-corrected chi connectivity index (χ4v) is 4.23. The maximum atomic E-state index is 12.6. The van der Waals surface area contributed by atoms with Crippen molar-refractivity contribution < 1.29 is 14.0 Å². The summed E-state index contributed by atoms with van der Waals surface area (Å²) in [4.78, 5) is 24.8. The number of carbonyl (C=O) groups excluding carboxylic acids is 2. The second kappa shape index (κ2) is 7.65. The van der Waals surface area contributed by atoms with E-state index in [1.165, 1.54) is 11.8 Å². The fourth-order valence-electron chi connectivity index (χ4n) is 3.37. The summed E-state index contributed by atoms with van der Waals surface area (Å²) in [5, 5.41) is 16.6. The van der Waals surface area contributed by atoms with Crippen LogP contribution >= 0.6 is 11.8 Å². The molecule has 2 N–H and O–H groups in total. The average molecular weight is 385 g/mol. The van der Waals surface area contributed by atoms with Crippen molar-refractivity contribution in [2.24, 2.45) is 0 Å². The number of amides is 1. The minimum atomic E-state index is -0.512. The smallest absolute Gasteiger partial charge is 0.230 e. The zero-order chi connectivity index (χ0) is 19.6. The van der Waals surface area contributed by atoms with Crippen molar-refractivity contribution in [3.05, 3.63) is 46.0 Å². The van der Waals surface area contributed by atoms with E-state index in [2.05, 4.69) is 16.7 Å². The van der Waals surface area contributed by atoms with Crippen LogP contribution in [0.4, 0.5) is 0 Å². The summed E-state index contributed by atoms with van der Waals surface area (Å²) in [6.45, 7) is 5.77. The summed E-state index contributed by atoms with van der Waals surface area (Å²) >= 11 is 1.28. The number of allylic oxidation sites excluding steroid dienone is 3. The Kier molecular flexibility index (Phi) is 5.47. The van der Waals surface area contributed by atoms with E-state index < -0.39 is 5.92 Å². The molecule has 0 bridgehead atoms. The fraction of sp³-hybridized carbons (Fsp3) is 0.450. The van der Waals surface area contributed by atoms with Gasteiger partial charge in [0.05, 0.1) is 34.6 Å². The van der Waals surface area contributed by atoms with Gasteiger partial charge in [0.25, 0.3) is 0 Å². The van der Waals surface area contributed by atoms with Crippen LogP contribution < -0.4 is 10.6 Å². The summed E-state index contributed by atoms with van der Waals surface area (Å²) in [5.41, 5.74) is 1.57. The van der Waals surface area contributed by atoms with Gasteiger partial charge in [0, 0.05) is 23.2 Å². The van der Waals surface area contributed by atoms with Gasteiger partial charge in [-0.3, -0.25) is 9.59 Å². The van der Waals surface area contributed by atoms with Gasteiger partial charge in [0.1, 0.15) is 5.76 Å². The van der Waals surface area contributed by atoms with Gasteiger partial charge in [0.15, 0.2) is 5.78 Å². The molecule has 0 unspecified atom stereocenters. The lowest BCUT2D eigenvalue weighted by atomic mass is 9.79. The minimum absolute atomic E-state index is 0.0485. The van der Waals surface area contributed by atoms with Crippen LogP contribution in [0.25, 0.3) is 0 Å². The first-order valence-corrected chi connectivity index (χ1v) is 9.93. The monoisotopic (exact) mass is 385 g/mol. The first kappa shape index (κ1) is 19.3. The van der Waals surface area contributed by atoms with E-state index in [1.807, 2.05) is 20.8 Å². The normalized spacial score (nSPS) is 20.1. The summed E-state index contributed by atoms with van der Waals surface area (Å²) in [6.07, 6.45) is 3.55. The molecule has 0 fully saturated rings. The maximum absolute atomic E-state index is 12.6. The standard InChI is InChI=1S/C20H23N3O3S/c1-20(2,3)23-16(25)11-27-19-12(10-21)17(15-8-5-9-26-15)18-13(22-19)6-4-7-14(18)24/h5,8-9,17,22H,4,6-7,11H2,1-3H3,(H,23,25)/t17-/m1/s1. The van der Waals surface area contributed by atoms with Crippen LogP contribution in [-0.4, -0.2) is 23.0 Å². The van der Waals surface area contributed by atoms with Crippen molar-refractivity contribution in [2.45, 2.75) is 51.5 Å². The number of ketones is 1. The molecule has 1 aromatic rings. The zero-order valence-corrected chi connectivity index (χ0v) is 16.5. The van der Waals surface area contributed by atoms with Crippen LogP contribution in [0.5, 0.6) is 0 Å². The minimum Gasteiger partial charge on any atom is -0.468 e. The van der Waals surface area contributed by atoms with Crippen LogP contribution in [-0.2, 0) is 9.59 Å². The van der Waals surface area contributed by atoms with Gasteiger partial charge in [-0.15, -0.1) is 0 Å². The number of dihydropyridines is 1. The highest BCUT2D eigenvalue weighted by molar-refractivity contribution is 8.03. The van der Waals surface area contributed by atoms with Crippen LogP contribution in [0.15, 0.2) is 44.7 Å². The summed E-state index contributed by atoms with van der Waals surface area (Å²) in [7, 11) is 0. The topological polar surface area (TPSA) is 95.1 Å². The largest absolute Gasteiger partial charge is 0.468 e. The van der Waals surface area contributed by atoms with E-state index in [4.69, 9.17) is 4.42 Å². The van der Waals surface area contributed by atoms with Gasteiger partial charge in [-0.2, -0.15) is 5.26 Å². The number of thioether (sulfide) groups is 1. The summed E-state index contributed by atoms with van der Waals surface area (Å²) in [6, 6.07) is 5.78. The summed E-state index contributed by atoms with van der Waals surface area (Å²) in [5.74, 6) is 0.197. The number of hydrogen-bond donors (Lipinski definition) is 2. The van der Waals surface area contributed by atoms with E-state index in [0.29, 0.717) is 28.4 Å². The number of nitriles is 1. The number of nitrogens with one attached hydrogen (secondary N) is 2. The molecule has 142 valence electrons. The number of Topliss-reactive ketones (excluding diaryl/α,β-unsaturated/α-hetero) is 1. The van der Waals surface area contributed by atoms with Crippen molar-refractivity contribution >= 4 is 23.5 Å². The van der Waals surface area contributed by atoms with Crippen molar-refractivity contribution in [3.63, 3.8) is 0 Å². The molecule has 0 saturated heterocycles. The Morgan fingerprint density at radius 1 is 1.44 bits per heavy atom. The lowest BCUT2D eigenvalue weighted by molar-refractivity contribution is -0.120. The SMILES string of the molecule is CC(C)(C)NC(=O)CSC1=C(C#N)[C@H](c2ccco2)C2=C(CCCC2=O)N1. The van der Waals surface area contributed by atoms with Crippen LogP contribution in [0, 0.1) is 11.3 Å². The molecular formula is C20H23N3O3S. The van der Waals surface area contributed by atoms with E-state index in [0.717, 1.165) is 18.5 Å². The van der Waals surface area contributed by atoms with Crippen LogP contribution in [0.1, 0.15) is 51.7 Å². The Morgan fingerprint density at radius 3 is 2.85 bits per heavy atom. The van der Waals surface area contributed by atoms with Gasteiger partial charge >= 0.3 is 0 Å². The number of hydrogen-bond acceptors (Lipinski definition) is 6. The molecule has 2 heterocycles. The van der Waals surface area contributed by atoms with Gasteiger partial charge < -0.3 is 15.1 Å². The number of furan rings is 1. The number of carbonyl (C=O) groups is 2. The van der Waals surface area contributed by atoms with Crippen molar-refractivity contribution in [3.8, 4) is 6.07 Å². The molecule has 1 aromatic heterocycles. The Bertz CT molecular complexity index is 854. The molecule has 0 spiro atoms. The third-order valence-corrected chi connectivity index (χ3v) is 5.37. The molecule has 1 atom stereocenters. The van der Waals surface area contributed by atoms with Crippen LogP contribution in [0.3, 0.4) is 0 Å². The van der Waals surface area contributed by atoms with E-state index in [-0.39, 0.29) is 23.0 Å². The first-order chi connectivity index (χ1) is 12.8. The highest BCUT2D eigenvalue weighted by atomic mass is 32.2.